The highest BCUT2D eigenvalue weighted by Gasteiger charge is 2.13. The minimum Gasteiger partial charge on any atom is -0.384 e. The van der Waals surface area contributed by atoms with Crippen molar-refractivity contribution >= 4 is 5.82 Å². The highest BCUT2D eigenvalue weighted by Crippen LogP contribution is 2.13. The van der Waals surface area contributed by atoms with Crippen LogP contribution in [-0.4, -0.2) is 29.3 Å². The summed E-state index contributed by atoms with van der Waals surface area (Å²) in [5.74, 6) is 1.13. The Labute approximate surface area is 101 Å². The summed E-state index contributed by atoms with van der Waals surface area (Å²) in [5, 5.41) is 0. The van der Waals surface area contributed by atoms with Crippen molar-refractivity contribution in [2.45, 2.75) is 38.9 Å². The maximum absolute atomic E-state index is 5.64. The maximum atomic E-state index is 5.64. The monoisotopic (exact) mass is 237 g/mol. The third-order valence-corrected chi connectivity index (χ3v) is 2.73. The topological polar surface area (TPSA) is 70.3 Å². The predicted molar refractivity (Wildman–Crippen MR) is 64.4 cm³/mol. The average molecular weight is 237 g/mol. The number of nitrogen functional groups attached to an aromatic ring is 1. The van der Waals surface area contributed by atoms with E-state index in [1.54, 1.807) is 6.07 Å². The van der Waals surface area contributed by atoms with Crippen molar-refractivity contribution in [3.05, 3.63) is 17.6 Å². The van der Waals surface area contributed by atoms with Crippen LogP contribution in [0.4, 0.5) is 5.82 Å². The third kappa shape index (κ3) is 3.94. The molecule has 1 atom stereocenters. The van der Waals surface area contributed by atoms with Crippen molar-refractivity contribution in [2.75, 3.05) is 18.9 Å². The van der Waals surface area contributed by atoms with E-state index in [0.717, 1.165) is 25.1 Å². The van der Waals surface area contributed by atoms with E-state index in [-0.39, 0.29) is 6.10 Å². The largest absolute Gasteiger partial charge is 0.384 e. The lowest BCUT2D eigenvalue weighted by Crippen LogP contribution is -2.24. The van der Waals surface area contributed by atoms with Gasteiger partial charge in [-0.25, -0.2) is 9.97 Å². The van der Waals surface area contributed by atoms with Crippen LogP contribution in [0, 0.1) is 6.92 Å². The smallest absolute Gasteiger partial charge is 0.156 e. The van der Waals surface area contributed by atoms with Crippen LogP contribution in [0.15, 0.2) is 6.07 Å². The molecule has 5 nitrogen and oxygen atoms in total. The highest BCUT2D eigenvalue weighted by atomic mass is 16.5. The van der Waals surface area contributed by atoms with Crippen molar-refractivity contribution in [1.82, 2.24) is 9.97 Å². The Morgan fingerprint density at radius 3 is 3.06 bits per heavy atom. The molecule has 1 fully saturated rings. The average Bonchev–Trinajstić information content (AvgIpc) is 2.29. The first kappa shape index (κ1) is 12.3. The molecule has 94 valence electrons. The van der Waals surface area contributed by atoms with Gasteiger partial charge in [-0.1, -0.05) is 0 Å². The van der Waals surface area contributed by atoms with Crippen molar-refractivity contribution in [3.63, 3.8) is 0 Å². The molecule has 0 amide bonds. The van der Waals surface area contributed by atoms with Gasteiger partial charge in [0.2, 0.25) is 0 Å². The zero-order valence-corrected chi connectivity index (χ0v) is 10.2. The molecule has 2 heterocycles. The number of aromatic nitrogens is 2. The van der Waals surface area contributed by atoms with E-state index >= 15 is 0 Å². The molecule has 1 unspecified atom stereocenters. The van der Waals surface area contributed by atoms with Gasteiger partial charge in [-0.05, 0) is 26.2 Å². The van der Waals surface area contributed by atoms with Gasteiger partial charge in [0.1, 0.15) is 12.4 Å². The fraction of sp³-hybridized carbons (Fsp3) is 0.667. The Morgan fingerprint density at radius 1 is 1.47 bits per heavy atom. The molecule has 1 aliphatic heterocycles. The van der Waals surface area contributed by atoms with Crippen LogP contribution in [-0.2, 0) is 16.1 Å². The normalized spacial score (nSPS) is 20.4. The summed E-state index contributed by atoms with van der Waals surface area (Å²) < 4.78 is 11.1. The molecule has 1 aromatic rings. The first-order valence-electron chi connectivity index (χ1n) is 6.03. The van der Waals surface area contributed by atoms with Gasteiger partial charge >= 0.3 is 0 Å². The summed E-state index contributed by atoms with van der Waals surface area (Å²) in [7, 11) is 0. The van der Waals surface area contributed by atoms with E-state index < -0.39 is 0 Å². The maximum Gasteiger partial charge on any atom is 0.156 e. The van der Waals surface area contributed by atoms with Gasteiger partial charge in [0.15, 0.2) is 5.82 Å². The summed E-state index contributed by atoms with van der Waals surface area (Å²) in [5.41, 5.74) is 6.51. The van der Waals surface area contributed by atoms with Crippen LogP contribution in [0.2, 0.25) is 0 Å². The first-order valence-corrected chi connectivity index (χ1v) is 6.03. The molecule has 0 radical (unpaired) electrons. The van der Waals surface area contributed by atoms with Crippen molar-refractivity contribution in [2.24, 2.45) is 0 Å². The number of anilines is 1. The summed E-state index contributed by atoms with van der Waals surface area (Å²) in [4.78, 5) is 8.38. The fourth-order valence-electron chi connectivity index (χ4n) is 1.94. The van der Waals surface area contributed by atoms with Crippen LogP contribution in [0.25, 0.3) is 0 Å². The van der Waals surface area contributed by atoms with E-state index in [9.17, 15) is 0 Å². The van der Waals surface area contributed by atoms with E-state index in [4.69, 9.17) is 15.2 Å². The number of hydrogen-bond acceptors (Lipinski definition) is 5. The highest BCUT2D eigenvalue weighted by molar-refractivity contribution is 5.28. The molecule has 17 heavy (non-hydrogen) atoms. The third-order valence-electron chi connectivity index (χ3n) is 2.73. The molecule has 1 saturated heterocycles. The lowest BCUT2D eigenvalue weighted by atomic mass is 10.1. The molecule has 0 saturated carbocycles. The molecule has 5 heteroatoms. The Morgan fingerprint density at radius 2 is 2.35 bits per heavy atom. The van der Waals surface area contributed by atoms with Crippen LogP contribution >= 0.6 is 0 Å². The van der Waals surface area contributed by atoms with Gasteiger partial charge in [0, 0.05) is 18.4 Å². The van der Waals surface area contributed by atoms with E-state index in [1.165, 1.54) is 6.42 Å². The molecule has 0 aliphatic carbocycles. The molecule has 1 aromatic heterocycles. The van der Waals surface area contributed by atoms with Gasteiger partial charge in [-0.2, -0.15) is 0 Å². The Hall–Kier alpha value is -1.20. The Bertz CT molecular complexity index is 345. The van der Waals surface area contributed by atoms with E-state index in [0.29, 0.717) is 24.9 Å². The second-order valence-corrected chi connectivity index (χ2v) is 4.35. The lowest BCUT2D eigenvalue weighted by Gasteiger charge is -2.22. The molecular formula is C12H19N3O2. The predicted octanol–water partition coefficient (Wildman–Crippen LogP) is 1.45. The molecule has 2 N–H and O–H groups in total. The molecule has 0 aromatic carbocycles. The van der Waals surface area contributed by atoms with Crippen LogP contribution in [0.3, 0.4) is 0 Å². The fourth-order valence-corrected chi connectivity index (χ4v) is 1.94. The number of aryl methyl sites for hydroxylation is 1. The van der Waals surface area contributed by atoms with E-state index in [2.05, 4.69) is 9.97 Å². The van der Waals surface area contributed by atoms with Crippen LogP contribution in [0.1, 0.15) is 30.8 Å². The van der Waals surface area contributed by atoms with Crippen molar-refractivity contribution < 1.29 is 9.47 Å². The molecule has 1 aliphatic rings. The standard InChI is InChI=1S/C12H19N3O2/c1-9-6-11(13)15-12(14-9)8-16-7-10-4-2-3-5-17-10/h6,10H,2-5,7-8H2,1H3,(H2,13,14,15). The van der Waals surface area contributed by atoms with E-state index in [1.807, 2.05) is 6.92 Å². The number of ether oxygens (including phenoxy) is 2. The number of nitrogens with zero attached hydrogens (tertiary/aromatic N) is 2. The molecule has 2 rings (SSSR count). The summed E-state index contributed by atoms with van der Waals surface area (Å²) in [6, 6.07) is 1.74. The Balaban J connectivity index is 1.77. The summed E-state index contributed by atoms with van der Waals surface area (Å²) >= 11 is 0. The summed E-state index contributed by atoms with van der Waals surface area (Å²) in [6.45, 7) is 3.75. The zero-order chi connectivity index (χ0) is 12.1. The number of nitrogens with two attached hydrogens (primary N) is 1. The quantitative estimate of drug-likeness (QED) is 0.858. The Kier molecular flexibility index (Phi) is 4.28. The van der Waals surface area contributed by atoms with Crippen LogP contribution in [0.5, 0.6) is 0 Å². The second-order valence-electron chi connectivity index (χ2n) is 4.35. The van der Waals surface area contributed by atoms with Gasteiger partial charge in [0.25, 0.3) is 0 Å². The zero-order valence-electron chi connectivity index (χ0n) is 10.2. The molecule has 0 bridgehead atoms. The SMILES string of the molecule is Cc1cc(N)nc(COCC2CCCCO2)n1. The van der Waals surface area contributed by atoms with Gasteiger partial charge in [-0.3, -0.25) is 0 Å². The van der Waals surface area contributed by atoms with Crippen molar-refractivity contribution in [3.8, 4) is 0 Å². The van der Waals surface area contributed by atoms with Gasteiger partial charge in [-0.15, -0.1) is 0 Å². The molecule has 0 spiro atoms. The van der Waals surface area contributed by atoms with Crippen molar-refractivity contribution in [1.29, 1.82) is 0 Å². The summed E-state index contributed by atoms with van der Waals surface area (Å²) in [6.07, 6.45) is 3.69. The first-order chi connectivity index (χ1) is 8.24. The molecular weight excluding hydrogens is 218 g/mol. The lowest BCUT2D eigenvalue weighted by molar-refractivity contribution is -0.0458. The number of hydrogen-bond donors (Lipinski definition) is 1. The second kappa shape index (κ2) is 5.93. The van der Waals surface area contributed by atoms with Crippen LogP contribution < -0.4 is 5.73 Å². The minimum atomic E-state index is 0.228. The number of rotatable bonds is 4. The van der Waals surface area contributed by atoms with Gasteiger partial charge in [0.05, 0.1) is 12.7 Å². The van der Waals surface area contributed by atoms with Gasteiger partial charge < -0.3 is 15.2 Å². The minimum absolute atomic E-state index is 0.228.